The highest BCUT2D eigenvalue weighted by Gasteiger charge is 2.13. The number of hydrogen-bond acceptors (Lipinski definition) is 4. The van der Waals surface area contributed by atoms with E-state index in [4.69, 9.17) is 14.2 Å². The van der Waals surface area contributed by atoms with Crippen molar-refractivity contribution in [3.8, 4) is 17.2 Å². The summed E-state index contributed by atoms with van der Waals surface area (Å²) in [6.45, 7) is 6.47. The van der Waals surface area contributed by atoms with Crippen LogP contribution in [0, 0.1) is 0 Å². The van der Waals surface area contributed by atoms with Gasteiger partial charge in [0.05, 0.1) is 20.8 Å². The van der Waals surface area contributed by atoms with E-state index in [1.807, 2.05) is 19.1 Å². The van der Waals surface area contributed by atoms with Gasteiger partial charge in [0.15, 0.2) is 11.5 Å². The van der Waals surface area contributed by atoms with Gasteiger partial charge in [0.1, 0.15) is 0 Å². The third-order valence-corrected chi connectivity index (χ3v) is 2.56. The maximum Gasteiger partial charge on any atom is 0.203 e. The van der Waals surface area contributed by atoms with E-state index in [1.165, 1.54) is 0 Å². The van der Waals surface area contributed by atoms with Crippen LogP contribution in [0.25, 0.3) is 0 Å². The van der Waals surface area contributed by atoms with E-state index >= 15 is 0 Å². The van der Waals surface area contributed by atoms with Gasteiger partial charge in [-0.25, -0.2) is 0 Å². The Morgan fingerprint density at radius 2 is 1.67 bits per heavy atom. The van der Waals surface area contributed by atoms with Crippen LogP contribution in [0.2, 0.25) is 0 Å². The minimum atomic E-state index is 0.583. The highest BCUT2D eigenvalue weighted by molar-refractivity contribution is 5.53. The van der Waals surface area contributed by atoms with E-state index in [0.717, 1.165) is 25.1 Å². The van der Waals surface area contributed by atoms with Gasteiger partial charge < -0.3 is 19.5 Å². The Bertz CT molecular complexity index is 341. The topological polar surface area (TPSA) is 39.7 Å². The SMILES string of the molecule is CCCNCc1cc(OC)c(OCC)c(OC)c1. The first-order valence-electron chi connectivity index (χ1n) is 6.35. The highest BCUT2D eigenvalue weighted by atomic mass is 16.5. The van der Waals surface area contributed by atoms with E-state index in [2.05, 4.69) is 12.2 Å². The maximum absolute atomic E-state index is 5.56. The van der Waals surface area contributed by atoms with E-state index in [9.17, 15) is 0 Å². The zero-order valence-electron chi connectivity index (χ0n) is 11.7. The molecule has 0 aliphatic heterocycles. The first kappa shape index (κ1) is 14.6. The molecule has 0 radical (unpaired) electrons. The fourth-order valence-corrected chi connectivity index (χ4v) is 1.73. The number of hydrogen-bond donors (Lipinski definition) is 1. The quantitative estimate of drug-likeness (QED) is 0.723. The fraction of sp³-hybridized carbons (Fsp3) is 0.571. The second kappa shape index (κ2) is 7.82. The summed E-state index contributed by atoms with van der Waals surface area (Å²) >= 11 is 0. The molecule has 4 heteroatoms. The number of benzene rings is 1. The summed E-state index contributed by atoms with van der Waals surface area (Å²) < 4.78 is 16.3. The Balaban J connectivity index is 2.94. The van der Waals surface area contributed by atoms with Crippen LogP contribution in [0.1, 0.15) is 25.8 Å². The van der Waals surface area contributed by atoms with Crippen molar-refractivity contribution in [1.82, 2.24) is 5.32 Å². The molecule has 0 unspecified atom stereocenters. The summed E-state index contributed by atoms with van der Waals surface area (Å²) in [4.78, 5) is 0. The van der Waals surface area contributed by atoms with E-state index in [0.29, 0.717) is 23.9 Å². The lowest BCUT2D eigenvalue weighted by molar-refractivity contribution is 0.288. The number of nitrogens with one attached hydrogen (secondary N) is 1. The highest BCUT2D eigenvalue weighted by Crippen LogP contribution is 2.38. The molecule has 0 aliphatic carbocycles. The number of methoxy groups -OCH3 is 2. The molecule has 1 rings (SSSR count). The van der Waals surface area contributed by atoms with E-state index < -0.39 is 0 Å². The molecule has 0 bridgehead atoms. The molecule has 0 fully saturated rings. The molecular weight excluding hydrogens is 230 g/mol. The predicted molar refractivity (Wildman–Crippen MR) is 72.7 cm³/mol. The van der Waals surface area contributed by atoms with Gasteiger partial charge in [-0.15, -0.1) is 0 Å². The number of rotatable bonds is 8. The Labute approximate surface area is 109 Å². The van der Waals surface area contributed by atoms with Crippen LogP contribution in [-0.4, -0.2) is 27.4 Å². The second-order valence-corrected chi connectivity index (χ2v) is 3.94. The molecule has 0 spiro atoms. The standard InChI is InChI=1S/C14H23NO3/c1-5-7-15-10-11-8-12(16-3)14(18-6-2)13(9-11)17-4/h8-9,15H,5-7,10H2,1-4H3. The van der Waals surface area contributed by atoms with Gasteiger partial charge in [0, 0.05) is 6.54 Å². The summed E-state index contributed by atoms with van der Waals surface area (Å²) in [5.74, 6) is 2.09. The molecule has 0 saturated carbocycles. The summed E-state index contributed by atoms with van der Waals surface area (Å²) in [5, 5.41) is 3.35. The van der Waals surface area contributed by atoms with Crippen molar-refractivity contribution < 1.29 is 14.2 Å². The summed E-state index contributed by atoms with van der Waals surface area (Å²) in [6.07, 6.45) is 1.12. The van der Waals surface area contributed by atoms with Crippen molar-refractivity contribution in [2.24, 2.45) is 0 Å². The molecule has 1 N–H and O–H groups in total. The number of ether oxygens (including phenoxy) is 3. The Kier molecular flexibility index (Phi) is 6.36. The van der Waals surface area contributed by atoms with Crippen molar-refractivity contribution in [1.29, 1.82) is 0 Å². The van der Waals surface area contributed by atoms with Crippen molar-refractivity contribution in [3.63, 3.8) is 0 Å². The molecule has 0 amide bonds. The molecule has 1 aromatic carbocycles. The smallest absolute Gasteiger partial charge is 0.203 e. The van der Waals surface area contributed by atoms with Crippen molar-refractivity contribution in [2.45, 2.75) is 26.8 Å². The normalized spacial score (nSPS) is 10.2. The molecule has 4 nitrogen and oxygen atoms in total. The van der Waals surface area contributed by atoms with Crippen LogP contribution < -0.4 is 19.5 Å². The van der Waals surface area contributed by atoms with Gasteiger partial charge in [-0.3, -0.25) is 0 Å². The first-order chi connectivity index (χ1) is 8.76. The predicted octanol–water partition coefficient (Wildman–Crippen LogP) is 2.60. The second-order valence-electron chi connectivity index (χ2n) is 3.94. The average Bonchev–Trinajstić information content (AvgIpc) is 2.40. The largest absolute Gasteiger partial charge is 0.493 e. The van der Waals surface area contributed by atoms with Gasteiger partial charge in [-0.1, -0.05) is 6.92 Å². The molecule has 0 aromatic heterocycles. The molecule has 0 saturated heterocycles. The van der Waals surface area contributed by atoms with E-state index in [1.54, 1.807) is 14.2 Å². The first-order valence-corrected chi connectivity index (χ1v) is 6.35. The van der Waals surface area contributed by atoms with Crippen molar-refractivity contribution >= 4 is 0 Å². The summed E-state index contributed by atoms with van der Waals surface area (Å²) in [5.41, 5.74) is 1.13. The van der Waals surface area contributed by atoms with Gasteiger partial charge in [0.2, 0.25) is 5.75 Å². The van der Waals surface area contributed by atoms with Crippen LogP contribution in [0.4, 0.5) is 0 Å². The average molecular weight is 253 g/mol. The lowest BCUT2D eigenvalue weighted by atomic mass is 10.1. The molecule has 0 heterocycles. The van der Waals surface area contributed by atoms with Gasteiger partial charge in [-0.05, 0) is 37.6 Å². The zero-order valence-corrected chi connectivity index (χ0v) is 11.7. The lowest BCUT2D eigenvalue weighted by Crippen LogP contribution is -2.14. The summed E-state index contributed by atoms with van der Waals surface area (Å²) in [7, 11) is 3.28. The van der Waals surface area contributed by atoms with Crippen LogP contribution in [0.3, 0.4) is 0 Å². The third kappa shape index (κ3) is 3.81. The van der Waals surface area contributed by atoms with Gasteiger partial charge in [-0.2, -0.15) is 0 Å². The maximum atomic E-state index is 5.56. The molecule has 0 atom stereocenters. The zero-order chi connectivity index (χ0) is 13.4. The van der Waals surface area contributed by atoms with Crippen LogP contribution >= 0.6 is 0 Å². The minimum absolute atomic E-state index is 0.583. The van der Waals surface area contributed by atoms with Crippen molar-refractivity contribution in [3.05, 3.63) is 17.7 Å². The van der Waals surface area contributed by atoms with E-state index in [-0.39, 0.29) is 0 Å². The third-order valence-electron chi connectivity index (χ3n) is 2.56. The van der Waals surface area contributed by atoms with Crippen LogP contribution in [0.15, 0.2) is 12.1 Å². The fourth-order valence-electron chi connectivity index (χ4n) is 1.73. The Hall–Kier alpha value is -1.42. The monoisotopic (exact) mass is 253 g/mol. The minimum Gasteiger partial charge on any atom is -0.493 e. The summed E-state index contributed by atoms with van der Waals surface area (Å²) in [6, 6.07) is 3.96. The van der Waals surface area contributed by atoms with Gasteiger partial charge >= 0.3 is 0 Å². The molecular formula is C14H23NO3. The molecule has 102 valence electrons. The molecule has 18 heavy (non-hydrogen) atoms. The van der Waals surface area contributed by atoms with Crippen LogP contribution in [-0.2, 0) is 6.54 Å². The molecule has 1 aromatic rings. The van der Waals surface area contributed by atoms with Crippen LogP contribution in [0.5, 0.6) is 17.2 Å². The van der Waals surface area contributed by atoms with Crippen molar-refractivity contribution in [2.75, 3.05) is 27.4 Å². The lowest BCUT2D eigenvalue weighted by Gasteiger charge is -2.15. The Morgan fingerprint density at radius 3 is 2.11 bits per heavy atom. The van der Waals surface area contributed by atoms with Gasteiger partial charge in [0.25, 0.3) is 0 Å². The molecule has 0 aliphatic rings. The Morgan fingerprint density at radius 1 is 1.06 bits per heavy atom.